The Balaban J connectivity index is 1.93. The minimum atomic E-state index is 0.278. The summed E-state index contributed by atoms with van der Waals surface area (Å²) in [6, 6.07) is 10.7. The van der Waals surface area contributed by atoms with Crippen molar-refractivity contribution in [2.75, 3.05) is 33.2 Å². The zero-order chi connectivity index (χ0) is 15.5. The second kappa shape index (κ2) is 6.47. The summed E-state index contributed by atoms with van der Waals surface area (Å²) < 4.78 is 2.22. The van der Waals surface area contributed by atoms with Gasteiger partial charge in [0.05, 0.1) is 29.6 Å². The fourth-order valence-electron chi connectivity index (χ4n) is 3.18. The Labute approximate surface area is 131 Å². The quantitative estimate of drug-likeness (QED) is 0.868. The molecule has 0 saturated carbocycles. The first-order valence-electron chi connectivity index (χ1n) is 7.95. The highest BCUT2D eigenvalue weighted by molar-refractivity contribution is 5.76. The average molecular weight is 297 g/mol. The van der Waals surface area contributed by atoms with Crippen LogP contribution in [0.4, 0.5) is 0 Å². The third-order valence-electron chi connectivity index (χ3n) is 4.59. The first-order valence-corrected chi connectivity index (χ1v) is 7.95. The topological polar surface area (TPSA) is 48.1 Å². The number of para-hydroxylation sites is 2. The van der Waals surface area contributed by atoms with E-state index in [4.69, 9.17) is 10.2 Å². The molecule has 116 valence electrons. The Kier molecular flexibility index (Phi) is 4.41. The molecule has 2 heterocycles. The molecule has 0 aliphatic carbocycles. The van der Waals surface area contributed by atoms with Gasteiger partial charge in [-0.15, -0.1) is 0 Å². The molecule has 1 aromatic carbocycles. The summed E-state index contributed by atoms with van der Waals surface area (Å²) in [7, 11) is 2.17. The summed E-state index contributed by atoms with van der Waals surface area (Å²) in [5, 5.41) is 8.94. The second-order valence-corrected chi connectivity index (χ2v) is 6.03. The Morgan fingerprint density at radius 1 is 1.23 bits per heavy atom. The molecule has 0 spiro atoms. The molecule has 1 unspecified atom stereocenters. The molecule has 0 bridgehead atoms. The normalized spacial score (nSPS) is 18.4. The number of nitriles is 1. The maximum absolute atomic E-state index is 8.94. The van der Waals surface area contributed by atoms with E-state index in [2.05, 4.69) is 46.5 Å². The molecule has 1 saturated heterocycles. The van der Waals surface area contributed by atoms with Crippen molar-refractivity contribution in [3.8, 4) is 6.07 Å². The smallest absolute Gasteiger partial charge is 0.127 e. The van der Waals surface area contributed by atoms with E-state index < -0.39 is 0 Å². The lowest BCUT2D eigenvalue weighted by molar-refractivity contribution is 0.114. The van der Waals surface area contributed by atoms with Crippen molar-refractivity contribution >= 4 is 11.0 Å². The van der Waals surface area contributed by atoms with Crippen LogP contribution in [-0.4, -0.2) is 52.6 Å². The van der Waals surface area contributed by atoms with Gasteiger partial charge < -0.3 is 9.47 Å². The van der Waals surface area contributed by atoms with Crippen molar-refractivity contribution in [3.05, 3.63) is 30.1 Å². The number of imidazole rings is 1. The van der Waals surface area contributed by atoms with Crippen LogP contribution in [0.15, 0.2) is 24.3 Å². The number of aromatic nitrogens is 2. The predicted octanol–water partition coefficient (Wildman–Crippen LogP) is 2.26. The molecular weight excluding hydrogens is 274 g/mol. The fourth-order valence-corrected chi connectivity index (χ4v) is 3.18. The lowest BCUT2D eigenvalue weighted by Crippen LogP contribution is -2.45. The summed E-state index contributed by atoms with van der Waals surface area (Å²) in [4.78, 5) is 9.71. The Morgan fingerprint density at radius 3 is 2.68 bits per heavy atom. The summed E-state index contributed by atoms with van der Waals surface area (Å²) in [5.74, 6) is 1.08. The monoisotopic (exact) mass is 297 g/mol. The Morgan fingerprint density at radius 2 is 1.95 bits per heavy atom. The highest BCUT2D eigenvalue weighted by Crippen LogP contribution is 2.25. The number of benzene rings is 1. The molecule has 0 N–H and O–H groups in total. The lowest BCUT2D eigenvalue weighted by atomic mass is 10.2. The van der Waals surface area contributed by atoms with Gasteiger partial charge in [-0.05, 0) is 26.1 Å². The van der Waals surface area contributed by atoms with E-state index in [9.17, 15) is 0 Å². The molecule has 1 aliphatic heterocycles. The van der Waals surface area contributed by atoms with Crippen LogP contribution in [0, 0.1) is 11.3 Å². The molecule has 1 aliphatic rings. The van der Waals surface area contributed by atoms with E-state index in [-0.39, 0.29) is 6.04 Å². The van der Waals surface area contributed by atoms with Crippen LogP contribution < -0.4 is 0 Å². The van der Waals surface area contributed by atoms with Gasteiger partial charge in [0.1, 0.15) is 5.82 Å². The van der Waals surface area contributed by atoms with Gasteiger partial charge in [-0.25, -0.2) is 4.98 Å². The van der Waals surface area contributed by atoms with Crippen molar-refractivity contribution in [3.63, 3.8) is 0 Å². The second-order valence-electron chi connectivity index (χ2n) is 6.03. The first kappa shape index (κ1) is 15.0. The molecule has 2 aromatic rings. The average Bonchev–Trinajstić information content (AvgIpc) is 2.91. The zero-order valence-electron chi connectivity index (χ0n) is 13.4. The zero-order valence-corrected chi connectivity index (χ0v) is 13.4. The van der Waals surface area contributed by atoms with Crippen LogP contribution in [0.5, 0.6) is 0 Å². The molecule has 3 rings (SSSR count). The maximum Gasteiger partial charge on any atom is 0.127 e. The first-order chi connectivity index (χ1) is 10.7. The van der Waals surface area contributed by atoms with Crippen molar-refractivity contribution in [1.82, 2.24) is 19.4 Å². The van der Waals surface area contributed by atoms with Crippen LogP contribution in [0.2, 0.25) is 0 Å². The molecule has 0 amide bonds. The summed E-state index contributed by atoms with van der Waals surface area (Å²) in [5.41, 5.74) is 2.16. The number of nitrogens with zero attached hydrogens (tertiary/aromatic N) is 5. The van der Waals surface area contributed by atoms with Crippen LogP contribution in [0.25, 0.3) is 11.0 Å². The van der Waals surface area contributed by atoms with Gasteiger partial charge in [-0.3, -0.25) is 4.90 Å². The third-order valence-corrected chi connectivity index (χ3v) is 4.59. The number of aryl methyl sites for hydroxylation is 1. The standard InChI is InChI=1S/C17H23N5/c1-14(21-12-10-20(2)11-13-21)17-19-15-6-3-4-7-16(15)22(17)9-5-8-18/h3-4,6-7,14H,5,9-13H2,1-2H3. The van der Waals surface area contributed by atoms with Gasteiger partial charge in [-0.2, -0.15) is 5.26 Å². The van der Waals surface area contributed by atoms with Crippen molar-refractivity contribution in [1.29, 1.82) is 5.26 Å². The molecule has 5 heteroatoms. The predicted molar refractivity (Wildman–Crippen MR) is 87.4 cm³/mol. The molecule has 1 fully saturated rings. The van der Waals surface area contributed by atoms with Crippen LogP contribution in [0.1, 0.15) is 25.2 Å². The molecule has 0 radical (unpaired) electrons. The highest BCUT2D eigenvalue weighted by atomic mass is 15.3. The van der Waals surface area contributed by atoms with Gasteiger partial charge in [0.15, 0.2) is 0 Å². The minimum absolute atomic E-state index is 0.278. The number of rotatable bonds is 4. The number of fused-ring (bicyclic) bond motifs is 1. The SMILES string of the molecule is CC(c1nc2ccccc2n1CCC#N)N1CCN(C)CC1. The van der Waals surface area contributed by atoms with E-state index in [1.165, 1.54) is 0 Å². The van der Waals surface area contributed by atoms with E-state index in [0.29, 0.717) is 13.0 Å². The fraction of sp³-hybridized carbons (Fsp3) is 0.529. The third kappa shape index (κ3) is 2.85. The van der Waals surface area contributed by atoms with E-state index in [0.717, 1.165) is 43.0 Å². The molecular formula is C17H23N5. The summed E-state index contributed by atoms with van der Waals surface area (Å²) in [6.07, 6.45) is 0.517. The van der Waals surface area contributed by atoms with Gasteiger partial charge >= 0.3 is 0 Å². The summed E-state index contributed by atoms with van der Waals surface area (Å²) in [6.45, 7) is 7.28. The number of hydrogen-bond acceptors (Lipinski definition) is 4. The van der Waals surface area contributed by atoms with Crippen molar-refractivity contribution < 1.29 is 0 Å². The number of piperazine rings is 1. The largest absolute Gasteiger partial charge is 0.326 e. The van der Waals surface area contributed by atoms with Crippen molar-refractivity contribution in [2.45, 2.75) is 25.9 Å². The van der Waals surface area contributed by atoms with Crippen molar-refractivity contribution in [2.24, 2.45) is 0 Å². The lowest BCUT2D eigenvalue weighted by Gasteiger charge is -2.36. The molecule has 1 aromatic heterocycles. The van der Waals surface area contributed by atoms with Crippen LogP contribution in [-0.2, 0) is 6.54 Å². The van der Waals surface area contributed by atoms with Gasteiger partial charge in [-0.1, -0.05) is 12.1 Å². The molecule has 5 nitrogen and oxygen atoms in total. The minimum Gasteiger partial charge on any atom is -0.326 e. The van der Waals surface area contributed by atoms with E-state index in [1.54, 1.807) is 0 Å². The number of hydrogen-bond donors (Lipinski definition) is 0. The number of likely N-dealkylation sites (N-methyl/N-ethyl adjacent to an activating group) is 1. The van der Waals surface area contributed by atoms with Crippen LogP contribution >= 0.6 is 0 Å². The summed E-state index contributed by atoms with van der Waals surface area (Å²) >= 11 is 0. The van der Waals surface area contributed by atoms with Crippen LogP contribution in [0.3, 0.4) is 0 Å². The van der Waals surface area contributed by atoms with Gasteiger partial charge in [0.2, 0.25) is 0 Å². The van der Waals surface area contributed by atoms with Gasteiger partial charge in [0.25, 0.3) is 0 Å². The molecule has 22 heavy (non-hydrogen) atoms. The Hall–Kier alpha value is -1.90. The Bertz CT molecular complexity index is 676. The van der Waals surface area contributed by atoms with Gasteiger partial charge in [0, 0.05) is 32.7 Å². The maximum atomic E-state index is 8.94. The van der Waals surface area contributed by atoms with E-state index >= 15 is 0 Å². The molecule has 1 atom stereocenters. The van der Waals surface area contributed by atoms with E-state index in [1.807, 2.05) is 12.1 Å². The highest BCUT2D eigenvalue weighted by Gasteiger charge is 2.24.